The van der Waals surface area contributed by atoms with Crippen molar-refractivity contribution in [2.75, 3.05) is 36.0 Å². The van der Waals surface area contributed by atoms with E-state index >= 15 is 0 Å². The Morgan fingerprint density at radius 3 is 2.42 bits per heavy atom. The number of carbonyl (C=O) groups excluding carboxylic acids is 1. The van der Waals surface area contributed by atoms with E-state index in [1.165, 1.54) is 0 Å². The molecule has 1 N–H and O–H groups in total. The van der Waals surface area contributed by atoms with Crippen LogP contribution in [0.2, 0.25) is 0 Å². The number of amides is 1. The van der Waals surface area contributed by atoms with Crippen molar-refractivity contribution in [1.29, 1.82) is 0 Å². The maximum Gasteiger partial charge on any atom is 0.253 e. The molecule has 31 heavy (non-hydrogen) atoms. The Hall–Kier alpha value is -3.87. The third-order valence-electron chi connectivity index (χ3n) is 5.57. The molecule has 0 saturated carbocycles. The van der Waals surface area contributed by atoms with Crippen molar-refractivity contribution in [2.24, 2.45) is 0 Å². The van der Waals surface area contributed by atoms with E-state index in [2.05, 4.69) is 20.1 Å². The predicted octanol–water partition coefficient (Wildman–Crippen LogP) is 3.48. The highest BCUT2D eigenvalue weighted by molar-refractivity contribution is 6.09. The summed E-state index contributed by atoms with van der Waals surface area (Å²) >= 11 is 0. The van der Waals surface area contributed by atoms with Gasteiger partial charge in [0.15, 0.2) is 0 Å². The van der Waals surface area contributed by atoms with Crippen molar-refractivity contribution in [3.63, 3.8) is 0 Å². The summed E-state index contributed by atoms with van der Waals surface area (Å²) in [5, 5.41) is 4.80. The van der Waals surface area contributed by atoms with Crippen LogP contribution >= 0.6 is 0 Å². The average Bonchev–Trinajstić information content (AvgIpc) is 3.36. The molecular formula is C24H23N5O2. The third-order valence-corrected chi connectivity index (χ3v) is 5.57. The van der Waals surface area contributed by atoms with E-state index < -0.39 is 0 Å². The summed E-state index contributed by atoms with van der Waals surface area (Å²) in [4.78, 5) is 26.6. The fourth-order valence-electron chi connectivity index (χ4n) is 3.97. The molecule has 1 saturated heterocycles. The molecular weight excluding hydrogens is 390 g/mol. The summed E-state index contributed by atoms with van der Waals surface area (Å²) in [5.41, 5.74) is 0.568. The molecule has 0 spiro atoms. The van der Waals surface area contributed by atoms with E-state index in [1.54, 1.807) is 18.5 Å². The van der Waals surface area contributed by atoms with Crippen molar-refractivity contribution >= 4 is 28.3 Å². The van der Waals surface area contributed by atoms with Crippen LogP contribution in [0.15, 0.2) is 77.7 Å². The number of hydrogen-bond donors (Lipinski definition) is 1. The minimum atomic E-state index is -0.161. The van der Waals surface area contributed by atoms with Gasteiger partial charge in [-0.25, -0.2) is 9.97 Å². The fraction of sp³-hybridized carbons (Fsp3) is 0.208. The van der Waals surface area contributed by atoms with Crippen molar-refractivity contribution in [2.45, 2.75) is 6.54 Å². The minimum absolute atomic E-state index is 0.161. The Morgan fingerprint density at radius 1 is 0.903 bits per heavy atom. The quantitative estimate of drug-likeness (QED) is 0.540. The highest BCUT2D eigenvalue weighted by atomic mass is 16.3. The van der Waals surface area contributed by atoms with Gasteiger partial charge in [-0.3, -0.25) is 4.79 Å². The number of nitrogens with one attached hydrogen (secondary N) is 1. The monoisotopic (exact) mass is 413 g/mol. The van der Waals surface area contributed by atoms with Crippen molar-refractivity contribution < 1.29 is 9.21 Å². The van der Waals surface area contributed by atoms with Gasteiger partial charge in [0.1, 0.15) is 17.4 Å². The van der Waals surface area contributed by atoms with Crippen LogP contribution < -0.4 is 15.1 Å². The lowest BCUT2D eigenvalue weighted by molar-refractivity contribution is 0.0949. The first-order chi connectivity index (χ1) is 15.3. The van der Waals surface area contributed by atoms with Gasteiger partial charge in [-0.1, -0.05) is 30.3 Å². The van der Waals surface area contributed by atoms with Gasteiger partial charge in [0, 0.05) is 44.0 Å². The second-order valence-corrected chi connectivity index (χ2v) is 7.47. The molecule has 0 radical (unpaired) electrons. The molecule has 156 valence electrons. The van der Waals surface area contributed by atoms with Gasteiger partial charge in [0.2, 0.25) is 0 Å². The first-order valence-corrected chi connectivity index (χ1v) is 10.4. The molecule has 0 bridgehead atoms. The molecule has 3 aromatic heterocycles. The Labute approximate surface area is 180 Å². The number of hydrogen-bond acceptors (Lipinski definition) is 6. The Bertz CT molecular complexity index is 1170. The first kappa shape index (κ1) is 19.1. The van der Waals surface area contributed by atoms with Crippen LogP contribution in [-0.4, -0.2) is 42.1 Å². The van der Waals surface area contributed by atoms with Gasteiger partial charge >= 0.3 is 0 Å². The van der Waals surface area contributed by atoms with Gasteiger partial charge in [0.25, 0.3) is 5.91 Å². The number of piperazine rings is 1. The molecule has 0 unspecified atom stereocenters. The highest BCUT2D eigenvalue weighted by Gasteiger charge is 2.22. The van der Waals surface area contributed by atoms with Gasteiger partial charge in [0.05, 0.1) is 18.4 Å². The Kier molecular flexibility index (Phi) is 5.22. The second-order valence-electron chi connectivity index (χ2n) is 7.47. The Balaban J connectivity index is 1.36. The zero-order chi connectivity index (χ0) is 21.0. The summed E-state index contributed by atoms with van der Waals surface area (Å²) in [5.74, 6) is 2.47. The van der Waals surface area contributed by atoms with Gasteiger partial charge in [-0.05, 0) is 29.7 Å². The van der Waals surface area contributed by atoms with Crippen LogP contribution in [0.25, 0.3) is 10.8 Å². The molecule has 1 fully saturated rings. The summed E-state index contributed by atoms with van der Waals surface area (Å²) in [6.45, 7) is 3.78. The van der Waals surface area contributed by atoms with Crippen LogP contribution in [-0.2, 0) is 6.54 Å². The minimum Gasteiger partial charge on any atom is -0.467 e. The van der Waals surface area contributed by atoms with Crippen molar-refractivity contribution in [3.8, 4) is 0 Å². The van der Waals surface area contributed by atoms with Gasteiger partial charge < -0.3 is 19.5 Å². The van der Waals surface area contributed by atoms with Gasteiger partial charge in [-0.2, -0.15) is 0 Å². The number of furan rings is 1. The lowest BCUT2D eigenvalue weighted by Crippen LogP contribution is -2.47. The van der Waals surface area contributed by atoms with Crippen LogP contribution in [0.1, 0.15) is 16.1 Å². The zero-order valence-corrected chi connectivity index (χ0v) is 17.1. The lowest BCUT2D eigenvalue weighted by atomic mass is 10.1. The number of anilines is 2. The Morgan fingerprint density at radius 2 is 1.68 bits per heavy atom. The highest BCUT2D eigenvalue weighted by Crippen LogP contribution is 2.28. The SMILES string of the molecule is O=C(NCc1ccco1)c1cnc(N2CCN(c3ccccn3)CC2)c2ccccc12. The van der Waals surface area contributed by atoms with Crippen LogP contribution in [0.4, 0.5) is 11.6 Å². The van der Waals surface area contributed by atoms with E-state index in [0.29, 0.717) is 17.9 Å². The van der Waals surface area contributed by atoms with Crippen LogP contribution in [0.3, 0.4) is 0 Å². The molecule has 1 aromatic carbocycles. The number of aromatic nitrogens is 2. The molecule has 0 aliphatic carbocycles. The molecule has 7 nitrogen and oxygen atoms in total. The summed E-state index contributed by atoms with van der Waals surface area (Å²) in [6, 6.07) is 17.6. The number of pyridine rings is 2. The topological polar surface area (TPSA) is 74.5 Å². The first-order valence-electron chi connectivity index (χ1n) is 10.4. The second kappa shape index (κ2) is 8.47. The molecule has 7 heteroatoms. The predicted molar refractivity (Wildman–Crippen MR) is 120 cm³/mol. The molecule has 1 amide bonds. The standard InChI is InChI=1S/C24H23N5O2/c30-24(27-16-18-6-5-15-31-18)21-17-26-23(20-8-2-1-7-19(20)21)29-13-11-28(12-14-29)22-9-3-4-10-25-22/h1-10,15,17H,11-14,16H2,(H,27,30). The molecule has 4 heterocycles. The van der Waals surface area contributed by atoms with E-state index in [1.807, 2.05) is 54.7 Å². The largest absolute Gasteiger partial charge is 0.467 e. The zero-order valence-electron chi connectivity index (χ0n) is 17.1. The summed E-state index contributed by atoms with van der Waals surface area (Å²) in [7, 11) is 0. The number of nitrogens with zero attached hydrogens (tertiary/aromatic N) is 4. The van der Waals surface area contributed by atoms with Crippen LogP contribution in [0, 0.1) is 0 Å². The number of rotatable bonds is 5. The van der Waals surface area contributed by atoms with Crippen molar-refractivity contribution in [3.05, 3.63) is 84.6 Å². The molecule has 5 rings (SSSR count). The fourth-order valence-corrected chi connectivity index (χ4v) is 3.97. The van der Waals surface area contributed by atoms with Crippen LogP contribution in [0.5, 0.6) is 0 Å². The number of fused-ring (bicyclic) bond motifs is 1. The molecule has 4 aromatic rings. The number of carbonyl (C=O) groups is 1. The molecule has 0 atom stereocenters. The maximum absolute atomic E-state index is 12.8. The number of benzene rings is 1. The maximum atomic E-state index is 12.8. The van der Waals surface area contributed by atoms with Crippen molar-refractivity contribution in [1.82, 2.24) is 15.3 Å². The normalized spacial score (nSPS) is 14.1. The lowest BCUT2D eigenvalue weighted by Gasteiger charge is -2.36. The summed E-state index contributed by atoms with van der Waals surface area (Å²) < 4.78 is 5.30. The van der Waals surface area contributed by atoms with E-state index in [9.17, 15) is 4.79 Å². The van der Waals surface area contributed by atoms with E-state index in [4.69, 9.17) is 9.40 Å². The molecule has 1 aliphatic rings. The molecule has 1 aliphatic heterocycles. The average molecular weight is 413 g/mol. The van der Waals surface area contributed by atoms with E-state index in [0.717, 1.165) is 48.6 Å². The third kappa shape index (κ3) is 3.94. The van der Waals surface area contributed by atoms with E-state index in [-0.39, 0.29) is 5.91 Å². The summed E-state index contributed by atoms with van der Waals surface area (Å²) in [6.07, 6.45) is 5.10. The van der Waals surface area contributed by atoms with Gasteiger partial charge in [-0.15, -0.1) is 0 Å². The smallest absolute Gasteiger partial charge is 0.253 e.